The van der Waals surface area contributed by atoms with Crippen LogP contribution in [0.3, 0.4) is 0 Å². The Bertz CT molecular complexity index is 557. The van der Waals surface area contributed by atoms with Crippen LogP contribution in [0, 0.1) is 17.0 Å². The number of anilines is 1. The third-order valence-electron chi connectivity index (χ3n) is 2.44. The molecule has 1 aromatic carbocycles. The lowest BCUT2D eigenvalue weighted by molar-refractivity contribution is -0.384. The second-order valence-corrected chi connectivity index (χ2v) is 3.85. The van der Waals surface area contributed by atoms with Crippen LogP contribution in [0.25, 0.3) is 0 Å². The molecule has 2 rings (SSSR count). The number of nitrogens with zero attached hydrogens (tertiary/aromatic N) is 3. The fraction of sp³-hybridized carbons (Fsp3) is 0.167. The molecule has 6 nitrogen and oxygen atoms in total. The summed E-state index contributed by atoms with van der Waals surface area (Å²) in [5, 5.41) is 21.5. The molecule has 2 aromatic rings. The Morgan fingerprint density at radius 3 is 2.89 bits per heavy atom. The van der Waals surface area contributed by atoms with Gasteiger partial charge >= 0.3 is 0 Å². The van der Waals surface area contributed by atoms with Crippen molar-refractivity contribution in [1.29, 1.82) is 0 Å². The number of hydrogen-bond donors (Lipinski definition) is 1. The molecule has 0 aliphatic rings. The summed E-state index contributed by atoms with van der Waals surface area (Å²) in [7, 11) is 0. The van der Waals surface area contributed by atoms with Crippen molar-refractivity contribution in [3.05, 3.63) is 57.9 Å². The van der Waals surface area contributed by atoms with Gasteiger partial charge in [-0.1, -0.05) is 6.07 Å². The lowest BCUT2D eigenvalue weighted by atomic mass is 10.2. The number of rotatable bonds is 4. The van der Waals surface area contributed by atoms with E-state index in [-0.39, 0.29) is 5.69 Å². The summed E-state index contributed by atoms with van der Waals surface area (Å²) >= 11 is 0. The average Bonchev–Trinajstić information content (AvgIpc) is 2.37. The second kappa shape index (κ2) is 5.22. The van der Waals surface area contributed by atoms with Gasteiger partial charge in [0.25, 0.3) is 5.69 Å². The third kappa shape index (κ3) is 2.79. The highest BCUT2D eigenvalue weighted by Gasteiger charge is 2.12. The van der Waals surface area contributed by atoms with E-state index in [4.69, 9.17) is 0 Å². The molecule has 0 amide bonds. The zero-order valence-electron chi connectivity index (χ0n) is 9.83. The van der Waals surface area contributed by atoms with Gasteiger partial charge in [-0.2, -0.15) is 10.2 Å². The molecular weight excluding hydrogens is 232 g/mol. The van der Waals surface area contributed by atoms with Gasteiger partial charge in [0.1, 0.15) is 5.69 Å². The molecular formula is C12H12N4O2. The summed E-state index contributed by atoms with van der Waals surface area (Å²) in [6.07, 6.45) is 1.58. The molecule has 0 radical (unpaired) electrons. The normalized spacial score (nSPS) is 10.1. The number of aromatic nitrogens is 2. The van der Waals surface area contributed by atoms with Crippen molar-refractivity contribution >= 4 is 11.4 Å². The first-order chi connectivity index (χ1) is 8.66. The summed E-state index contributed by atoms with van der Waals surface area (Å²) in [5.74, 6) is 0. The average molecular weight is 244 g/mol. The van der Waals surface area contributed by atoms with Crippen LogP contribution in [0.2, 0.25) is 0 Å². The van der Waals surface area contributed by atoms with E-state index >= 15 is 0 Å². The van der Waals surface area contributed by atoms with Crippen molar-refractivity contribution in [2.45, 2.75) is 13.5 Å². The summed E-state index contributed by atoms with van der Waals surface area (Å²) in [6, 6.07) is 8.53. The quantitative estimate of drug-likeness (QED) is 0.659. The van der Waals surface area contributed by atoms with Gasteiger partial charge in [0.05, 0.1) is 17.2 Å². The monoisotopic (exact) mass is 244 g/mol. The molecule has 0 aliphatic heterocycles. The fourth-order valence-corrected chi connectivity index (χ4v) is 1.56. The maximum absolute atomic E-state index is 10.9. The molecule has 92 valence electrons. The summed E-state index contributed by atoms with van der Waals surface area (Å²) < 4.78 is 0. The van der Waals surface area contributed by atoms with Gasteiger partial charge in [-0.05, 0) is 30.7 Å². The fourth-order valence-electron chi connectivity index (χ4n) is 1.56. The molecule has 0 bridgehead atoms. The lowest BCUT2D eigenvalue weighted by Crippen LogP contribution is -2.04. The molecule has 1 aromatic heterocycles. The standard InChI is InChI=1S/C12H12N4O2/c1-9-4-5-12(16(17)18)11(7-9)13-8-10-3-2-6-14-15-10/h2-7,13H,8H2,1H3. The minimum Gasteiger partial charge on any atom is -0.374 e. The molecule has 0 spiro atoms. The first-order valence-electron chi connectivity index (χ1n) is 5.42. The van der Waals surface area contributed by atoms with Gasteiger partial charge in [0.15, 0.2) is 0 Å². The predicted octanol–water partition coefficient (Wildman–Crippen LogP) is 2.31. The molecule has 1 heterocycles. The Morgan fingerprint density at radius 1 is 1.39 bits per heavy atom. The van der Waals surface area contributed by atoms with Gasteiger partial charge in [-0.15, -0.1) is 0 Å². The van der Waals surface area contributed by atoms with E-state index < -0.39 is 4.92 Å². The van der Waals surface area contributed by atoms with E-state index in [2.05, 4.69) is 15.5 Å². The summed E-state index contributed by atoms with van der Waals surface area (Å²) in [6.45, 7) is 2.29. The lowest BCUT2D eigenvalue weighted by Gasteiger charge is -2.07. The number of benzene rings is 1. The minimum absolute atomic E-state index is 0.0597. The Labute approximate surface area is 104 Å². The van der Waals surface area contributed by atoms with Crippen molar-refractivity contribution in [3.63, 3.8) is 0 Å². The van der Waals surface area contributed by atoms with Gasteiger partial charge < -0.3 is 5.32 Å². The maximum atomic E-state index is 10.9. The molecule has 18 heavy (non-hydrogen) atoms. The Kier molecular flexibility index (Phi) is 3.47. The van der Waals surface area contributed by atoms with Crippen LogP contribution in [0.4, 0.5) is 11.4 Å². The molecule has 6 heteroatoms. The van der Waals surface area contributed by atoms with Crippen LogP contribution in [-0.4, -0.2) is 15.1 Å². The topological polar surface area (TPSA) is 81.0 Å². The van der Waals surface area contributed by atoms with Gasteiger partial charge in [-0.25, -0.2) is 0 Å². The summed E-state index contributed by atoms with van der Waals surface area (Å²) in [4.78, 5) is 10.5. The predicted molar refractivity (Wildman–Crippen MR) is 67.2 cm³/mol. The zero-order chi connectivity index (χ0) is 13.0. The number of nitrogens with one attached hydrogen (secondary N) is 1. The Hall–Kier alpha value is -2.50. The molecule has 0 unspecified atom stereocenters. The molecule has 0 fully saturated rings. The van der Waals surface area contributed by atoms with Crippen molar-refractivity contribution in [2.24, 2.45) is 0 Å². The highest BCUT2D eigenvalue weighted by atomic mass is 16.6. The number of aryl methyl sites for hydroxylation is 1. The second-order valence-electron chi connectivity index (χ2n) is 3.85. The first kappa shape index (κ1) is 12.0. The Morgan fingerprint density at radius 2 is 2.22 bits per heavy atom. The molecule has 1 N–H and O–H groups in total. The molecule has 0 atom stereocenters. The van der Waals surface area contributed by atoms with Crippen LogP contribution in [0.15, 0.2) is 36.5 Å². The van der Waals surface area contributed by atoms with Crippen LogP contribution in [0.1, 0.15) is 11.3 Å². The largest absolute Gasteiger partial charge is 0.374 e. The number of nitro groups is 1. The van der Waals surface area contributed by atoms with E-state index in [1.807, 2.05) is 13.0 Å². The van der Waals surface area contributed by atoms with E-state index in [0.717, 1.165) is 11.3 Å². The summed E-state index contributed by atoms with van der Waals surface area (Å²) in [5.41, 5.74) is 2.24. The van der Waals surface area contributed by atoms with Gasteiger partial charge in [0.2, 0.25) is 0 Å². The van der Waals surface area contributed by atoms with E-state index in [1.54, 1.807) is 24.4 Å². The zero-order valence-corrected chi connectivity index (χ0v) is 9.83. The smallest absolute Gasteiger partial charge is 0.292 e. The van der Waals surface area contributed by atoms with Crippen LogP contribution >= 0.6 is 0 Å². The van der Waals surface area contributed by atoms with Crippen LogP contribution < -0.4 is 5.32 Å². The SMILES string of the molecule is Cc1ccc([N+](=O)[O-])c(NCc2cccnn2)c1. The first-order valence-corrected chi connectivity index (χ1v) is 5.42. The van der Waals surface area contributed by atoms with E-state index in [0.29, 0.717) is 12.2 Å². The molecule has 0 saturated carbocycles. The molecule has 0 saturated heterocycles. The van der Waals surface area contributed by atoms with Crippen molar-refractivity contribution < 1.29 is 4.92 Å². The van der Waals surface area contributed by atoms with Crippen molar-refractivity contribution in [2.75, 3.05) is 5.32 Å². The van der Waals surface area contributed by atoms with Gasteiger partial charge in [0, 0.05) is 12.3 Å². The van der Waals surface area contributed by atoms with Crippen LogP contribution in [0.5, 0.6) is 0 Å². The maximum Gasteiger partial charge on any atom is 0.292 e. The Balaban J connectivity index is 2.18. The van der Waals surface area contributed by atoms with Crippen LogP contribution in [-0.2, 0) is 6.54 Å². The molecule has 0 aliphatic carbocycles. The highest BCUT2D eigenvalue weighted by molar-refractivity contribution is 5.62. The van der Waals surface area contributed by atoms with E-state index in [9.17, 15) is 10.1 Å². The minimum atomic E-state index is -0.404. The van der Waals surface area contributed by atoms with Crippen molar-refractivity contribution in [3.8, 4) is 0 Å². The third-order valence-corrected chi connectivity index (χ3v) is 2.44. The number of hydrogen-bond acceptors (Lipinski definition) is 5. The van der Waals surface area contributed by atoms with Crippen molar-refractivity contribution in [1.82, 2.24) is 10.2 Å². The number of nitro benzene ring substituents is 1. The highest BCUT2D eigenvalue weighted by Crippen LogP contribution is 2.25. The van der Waals surface area contributed by atoms with Gasteiger partial charge in [-0.3, -0.25) is 10.1 Å². The van der Waals surface area contributed by atoms with E-state index in [1.165, 1.54) is 6.07 Å².